The van der Waals surface area contributed by atoms with E-state index in [-0.39, 0.29) is 0 Å². The molecule has 0 saturated carbocycles. The molecule has 120 valence electrons. The highest BCUT2D eigenvalue weighted by Gasteiger charge is 2.22. The van der Waals surface area contributed by atoms with Crippen molar-refractivity contribution in [2.24, 2.45) is 7.05 Å². The van der Waals surface area contributed by atoms with Gasteiger partial charge < -0.3 is 4.74 Å². The molecule has 6 nitrogen and oxygen atoms in total. The van der Waals surface area contributed by atoms with Crippen LogP contribution in [0.15, 0.2) is 35.5 Å². The van der Waals surface area contributed by atoms with Gasteiger partial charge in [0.05, 0.1) is 0 Å². The van der Waals surface area contributed by atoms with Gasteiger partial charge in [0, 0.05) is 13.6 Å². The van der Waals surface area contributed by atoms with Crippen LogP contribution in [0.3, 0.4) is 0 Å². The number of aryl methyl sites for hydroxylation is 3. The monoisotopic (exact) mass is 329 g/mol. The smallest absolute Gasteiger partial charge is 0.204 e. The summed E-state index contributed by atoms with van der Waals surface area (Å²) in [7, 11) is 1.81. The van der Waals surface area contributed by atoms with Gasteiger partial charge in [0.15, 0.2) is 10.9 Å². The van der Waals surface area contributed by atoms with E-state index >= 15 is 0 Å². The zero-order chi connectivity index (χ0) is 16.4. The van der Waals surface area contributed by atoms with Crippen molar-refractivity contribution in [1.82, 2.24) is 24.5 Å². The molecule has 0 aliphatic rings. The Morgan fingerprint density at radius 1 is 1.17 bits per heavy atom. The summed E-state index contributed by atoms with van der Waals surface area (Å²) < 4.78 is 9.53. The molecule has 0 bridgehead atoms. The number of hydrogen-bond acceptors (Lipinski definition) is 5. The second-order valence-electron chi connectivity index (χ2n) is 5.21. The lowest BCUT2D eigenvalue weighted by molar-refractivity contribution is 0.305. The van der Waals surface area contributed by atoms with Gasteiger partial charge >= 0.3 is 0 Å². The lowest BCUT2D eigenvalue weighted by Crippen LogP contribution is -2.02. The Hall–Kier alpha value is -2.28. The minimum atomic E-state index is 0.477. The number of nitrogens with zero attached hydrogens (tertiary/aromatic N) is 5. The molecule has 0 spiro atoms. The van der Waals surface area contributed by atoms with Crippen LogP contribution in [-0.2, 0) is 20.2 Å². The Balaban J connectivity index is 1.97. The van der Waals surface area contributed by atoms with Crippen LogP contribution in [0.5, 0.6) is 5.75 Å². The maximum Gasteiger partial charge on any atom is 0.204 e. The zero-order valence-electron chi connectivity index (χ0n) is 13.4. The summed E-state index contributed by atoms with van der Waals surface area (Å²) in [6.07, 6.45) is 0. The van der Waals surface area contributed by atoms with E-state index in [0.29, 0.717) is 24.1 Å². The third-order valence-electron chi connectivity index (χ3n) is 3.55. The highest BCUT2D eigenvalue weighted by Crippen LogP contribution is 2.32. The summed E-state index contributed by atoms with van der Waals surface area (Å²) in [6.45, 7) is 5.15. The molecule has 1 aromatic carbocycles. The summed E-state index contributed by atoms with van der Waals surface area (Å²) >= 11 is 4.30. The summed E-state index contributed by atoms with van der Waals surface area (Å²) in [4.78, 5) is 4.39. The molecule has 2 aromatic heterocycles. The van der Waals surface area contributed by atoms with Crippen LogP contribution in [0.2, 0.25) is 0 Å². The van der Waals surface area contributed by atoms with E-state index in [2.05, 4.69) is 27.8 Å². The van der Waals surface area contributed by atoms with Gasteiger partial charge in [-0.2, -0.15) is 10.1 Å². The first-order valence-corrected chi connectivity index (χ1v) is 7.89. The van der Waals surface area contributed by atoms with Gasteiger partial charge in [0.25, 0.3) is 0 Å². The predicted octanol–water partition coefficient (Wildman–Crippen LogP) is 2.87. The van der Waals surface area contributed by atoms with Crippen molar-refractivity contribution in [3.63, 3.8) is 0 Å². The van der Waals surface area contributed by atoms with Crippen molar-refractivity contribution in [1.29, 1.82) is 0 Å². The highest BCUT2D eigenvalue weighted by molar-refractivity contribution is 7.80. The normalized spacial score (nSPS) is 11.0. The average Bonchev–Trinajstić information content (AvgIpc) is 3.05. The summed E-state index contributed by atoms with van der Waals surface area (Å²) in [6, 6.07) is 10.0. The number of benzene rings is 1. The van der Waals surface area contributed by atoms with Gasteiger partial charge in [-0.05, 0) is 19.4 Å². The first-order chi connectivity index (χ1) is 11.1. The number of thiol groups is 1. The first-order valence-electron chi connectivity index (χ1n) is 7.44. The first kappa shape index (κ1) is 15.6. The molecule has 7 heteroatoms. The molecule has 23 heavy (non-hydrogen) atoms. The van der Waals surface area contributed by atoms with Crippen molar-refractivity contribution in [2.45, 2.75) is 32.2 Å². The molecule has 2 heterocycles. The molecule has 0 unspecified atom stereocenters. The molecule has 0 amide bonds. The molecule has 0 N–H and O–H groups in total. The van der Waals surface area contributed by atoms with E-state index < -0.39 is 0 Å². The second kappa shape index (κ2) is 6.45. The zero-order valence-corrected chi connectivity index (χ0v) is 14.3. The van der Waals surface area contributed by atoms with Crippen molar-refractivity contribution >= 4 is 12.6 Å². The molecule has 0 fully saturated rings. The maximum atomic E-state index is 6.04. The number of ether oxygens (including phenoxy) is 1. The predicted molar refractivity (Wildman–Crippen MR) is 90.7 cm³/mol. The lowest BCUT2D eigenvalue weighted by atomic mass is 10.2. The molecular weight excluding hydrogens is 310 g/mol. The number of hydrogen-bond donors (Lipinski definition) is 1. The molecule has 0 atom stereocenters. The van der Waals surface area contributed by atoms with Crippen LogP contribution >= 0.6 is 12.6 Å². The fourth-order valence-corrected chi connectivity index (χ4v) is 2.53. The molecule has 0 aliphatic carbocycles. The Bertz CT molecular complexity index is 790. The Kier molecular flexibility index (Phi) is 4.38. The van der Waals surface area contributed by atoms with Crippen LogP contribution in [0, 0.1) is 6.92 Å². The van der Waals surface area contributed by atoms with E-state index in [1.54, 1.807) is 4.68 Å². The SMILES string of the molecule is CCn1nc(C)c(OCc2ccccc2)c1-c1nc(S)n(C)n1. The third kappa shape index (κ3) is 3.10. The highest BCUT2D eigenvalue weighted by atomic mass is 32.1. The second-order valence-corrected chi connectivity index (χ2v) is 5.61. The minimum Gasteiger partial charge on any atom is -0.485 e. The van der Waals surface area contributed by atoms with Crippen LogP contribution in [0.1, 0.15) is 18.2 Å². The van der Waals surface area contributed by atoms with Gasteiger partial charge in [-0.3, -0.25) is 4.68 Å². The van der Waals surface area contributed by atoms with E-state index in [1.165, 1.54) is 0 Å². The van der Waals surface area contributed by atoms with E-state index in [1.807, 2.05) is 55.9 Å². The quantitative estimate of drug-likeness (QED) is 0.731. The summed E-state index contributed by atoms with van der Waals surface area (Å²) in [5.41, 5.74) is 2.72. The molecule has 0 saturated heterocycles. The Morgan fingerprint density at radius 2 is 1.91 bits per heavy atom. The van der Waals surface area contributed by atoms with Crippen LogP contribution in [0.25, 0.3) is 11.5 Å². The largest absolute Gasteiger partial charge is 0.485 e. The van der Waals surface area contributed by atoms with Crippen molar-refractivity contribution in [2.75, 3.05) is 0 Å². The van der Waals surface area contributed by atoms with E-state index in [9.17, 15) is 0 Å². The van der Waals surface area contributed by atoms with Crippen molar-refractivity contribution < 1.29 is 4.74 Å². The van der Waals surface area contributed by atoms with E-state index in [4.69, 9.17) is 4.74 Å². The van der Waals surface area contributed by atoms with Crippen LogP contribution < -0.4 is 4.74 Å². The minimum absolute atomic E-state index is 0.477. The van der Waals surface area contributed by atoms with Gasteiger partial charge in [0.1, 0.15) is 18.0 Å². The fraction of sp³-hybridized carbons (Fsp3) is 0.312. The van der Waals surface area contributed by atoms with Gasteiger partial charge in [-0.1, -0.05) is 30.3 Å². The molecule has 3 rings (SSSR count). The Morgan fingerprint density at radius 3 is 2.52 bits per heavy atom. The fourth-order valence-electron chi connectivity index (χ4n) is 2.39. The van der Waals surface area contributed by atoms with Crippen molar-refractivity contribution in [3.05, 3.63) is 41.6 Å². The molecule has 0 radical (unpaired) electrons. The molecule has 0 aliphatic heterocycles. The standard InChI is InChI=1S/C16H19N5OS/c1-4-21-13(15-17-16(23)20(3)19-15)14(11(2)18-21)22-10-12-8-6-5-7-9-12/h5-9H,4,10H2,1-3H3,(H,17,19,23). The summed E-state index contributed by atoms with van der Waals surface area (Å²) in [5.74, 6) is 1.29. The average molecular weight is 329 g/mol. The van der Waals surface area contributed by atoms with Crippen LogP contribution in [0.4, 0.5) is 0 Å². The van der Waals surface area contributed by atoms with Crippen molar-refractivity contribution in [3.8, 4) is 17.3 Å². The van der Waals surface area contributed by atoms with E-state index in [0.717, 1.165) is 22.7 Å². The third-order valence-corrected chi connectivity index (χ3v) is 3.94. The molecule has 3 aromatic rings. The maximum absolute atomic E-state index is 6.04. The topological polar surface area (TPSA) is 57.8 Å². The number of aromatic nitrogens is 5. The molecular formula is C16H19N5OS. The lowest BCUT2D eigenvalue weighted by Gasteiger charge is -2.08. The van der Waals surface area contributed by atoms with Gasteiger partial charge in [0.2, 0.25) is 5.82 Å². The van der Waals surface area contributed by atoms with Gasteiger partial charge in [-0.15, -0.1) is 17.7 Å². The summed E-state index contributed by atoms with van der Waals surface area (Å²) in [5, 5.41) is 9.49. The van der Waals surface area contributed by atoms with Crippen LogP contribution in [-0.4, -0.2) is 24.5 Å². The van der Waals surface area contributed by atoms with Gasteiger partial charge in [-0.25, -0.2) is 4.68 Å². The Labute approximate surface area is 140 Å². The number of rotatable bonds is 5.